The van der Waals surface area contributed by atoms with E-state index in [1.807, 2.05) is 0 Å². The first-order valence-electron chi connectivity index (χ1n) is 19.6. The van der Waals surface area contributed by atoms with Gasteiger partial charge in [-0.3, -0.25) is 0 Å². The monoisotopic (exact) mass is 722 g/mol. The Kier molecular flexibility index (Phi) is 6.96. The van der Waals surface area contributed by atoms with Gasteiger partial charge < -0.3 is 4.57 Å². The fourth-order valence-corrected chi connectivity index (χ4v) is 9.29. The quantitative estimate of drug-likeness (QED) is 0.165. The van der Waals surface area contributed by atoms with E-state index in [1.54, 1.807) is 0 Å². The van der Waals surface area contributed by atoms with Crippen molar-refractivity contribution in [3.05, 3.63) is 206 Å². The highest BCUT2D eigenvalue weighted by Crippen LogP contribution is 2.47. The van der Waals surface area contributed by atoms with Gasteiger partial charge in [-0.2, -0.15) is 0 Å². The summed E-state index contributed by atoms with van der Waals surface area (Å²) in [6, 6.07) is 75.2. The van der Waals surface area contributed by atoms with Gasteiger partial charge in [0.15, 0.2) is 0 Å². The Balaban J connectivity index is 1.20. The minimum Gasteiger partial charge on any atom is -0.309 e. The van der Waals surface area contributed by atoms with E-state index in [1.165, 1.54) is 81.2 Å². The zero-order chi connectivity index (χ0) is 37.5. The molecule has 0 spiro atoms. The van der Waals surface area contributed by atoms with Crippen molar-refractivity contribution >= 4 is 75.7 Å². The molecule has 0 saturated carbocycles. The normalized spacial score (nSPS) is 11.9. The molecule has 2 nitrogen and oxygen atoms in total. The van der Waals surface area contributed by atoms with Gasteiger partial charge in [0.25, 0.3) is 0 Å². The fourth-order valence-electron chi connectivity index (χ4n) is 9.29. The Hall–Kier alpha value is -7.55. The lowest BCUT2D eigenvalue weighted by atomic mass is 9.89. The van der Waals surface area contributed by atoms with Gasteiger partial charge in [0, 0.05) is 38.4 Å². The number of hydrogen-bond donors (Lipinski definition) is 0. The molecule has 0 saturated heterocycles. The molecule has 0 aliphatic rings. The van der Waals surface area contributed by atoms with Crippen molar-refractivity contribution in [2.24, 2.45) is 0 Å². The molecular formula is C55H34N2. The van der Waals surface area contributed by atoms with Crippen molar-refractivity contribution < 1.29 is 0 Å². The van der Waals surface area contributed by atoms with Crippen LogP contribution in [0, 0.1) is 0 Å². The van der Waals surface area contributed by atoms with E-state index in [4.69, 9.17) is 4.98 Å². The summed E-state index contributed by atoms with van der Waals surface area (Å²) in [5, 5.41) is 14.8. The van der Waals surface area contributed by atoms with Crippen LogP contribution in [0.5, 0.6) is 0 Å². The molecule has 0 aliphatic carbocycles. The molecule has 2 heteroatoms. The smallest absolute Gasteiger partial charge is 0.0722 e. The molecule has 12 rings (SSSR count). The van der Waals surface area contributed by atoms with Crippen LogP contribution < -0.4 is 0 Å². The number of benzene rings is 10. The summed E-state index contributed by atoms with van der Waals surface area (Å²) in [5.74, 6) is 0. The Morgan fingerprint density at radius 3 is 1.63 bits per heavy atom. The molecule has 0 amide bonds. The second kappa shape index (κ2) is 12.5. The molecule has 10 aromatic carbocycles. The van der Waals surface area contributed by atoms with Gasteiger partial charge in [0.05, 0.1) is 22.4 Å². The van der Waals surface area contributed by atoms with Gasteiger partial charge in [0.1, 0.15) is 0 Å². The van der Waals surface area contributed by atoms with E-state index < -0.39 is 0 Å². The summed E-state index contributed by atoms with van der Waals surface area (Å²) in [6.45, 7) is 0. The summed E-state index contributed by atoms with van der Waals surface area (Å²) in [5.41, 5.74) is 10.0. The molecular weight excluding hydrogens is 689 g/mol. The van der Waals surface area contributed by atoms with Crippen molar-refractivity contribution in [3.63, 3.8) is 0 Å². The van der Waals surface area contributed by atoms with Gasteiger partial charge in [-0.15, -0.1) is 0 Å². The maximum Gasteiger partial charge on any atom is 0.0722 e. The second-order valence-corrected chi connectivity index (χ2v) is 15.1. The Labute approximate surface area is 329 Å². The first kappa shape index (κ1) is 31.8. The van der Waals surface area contributed by atoms with Crippen molar-refractivity contribution in [2.75, 3.05) is 0 Å². The van der Waals surface area contributed by atoms with E-state index in [0.717, 1.165) is 33.8 Å². The van der Waals surface area contributed by atoms with E-state index in [9.17, 15) is 0 Å². The van der Waals surface area contributed by atoms with Crippen LogP contribution in [-0.4, -0.2) is 9.55 Å². The highest BCUT2D eigenvalue weighted by atomic mass is 15.0. The van der Waals surface area contributed by atoms with Crippen LogP contribution in [0.25, 0.3) is 115 Å². The van der Waals surface area contributed by atoms with Gasteiger partial charge in [-0.25, -0.2) is 4.98 Å². The number of aromatic nitrogens is 2. The average molecular weight is 723 g/mol. The zero-order valence-electron chi connectivity index (χ0n) is 31.0. The summed E-state index contributed by atoms with van der Waals surface area (Å²) in [4.78, 5) is 5.56. The number of fused-ring (bicyclic) bond motifs is 12. The summed E-state index contributed by atoms with van der Waals surface area (Å²) < 4.78 is 2.46. The molecule has 12 aromatic rings. The van der Waals surface area contributed by atoms with E-state index >= 15 is 0 Å². The lowest BCUT2D eigenvalue weighted by molar-refractivity contribution is 1.19. The molecule has 2 aromatic heterocycles. The lowest BCUT2D eigenvalue weighted by Crippen LogP contribution is -1.95. The van der Waals surface area contributed by atoms with Gasteiger partial charge in [0.2, 0.25) is 0 Å². The third-order valence-corrected chi connectivity index (χ3v) is 11.9. The van der Waals surface area contributed by atoms with Crippen LogP contribution in [0.15, 0.2) is 206 Å². The number of rotatable bonds is 4. The third-order valence-electron chi connectivity index (χ3n) is 11.9. The van der Waals surface area contributed by atoms with E-state index in [-0.39, 0.29) is 0 Å². The molecule has 2 heterocycles. The molecule has 0 fully saturated rings. The van der Waals surface area contributed by atoms with Crippen molar-refractivity contribution in [1.29, 1.82) is 0 Å². The molecule has 0 aliphatic heterocycles. The second-order valence-electron chi connectivity index (χ2n) is 15.1. The first-order chi connectivity index (χ1) is 28.3. The SMILES string of the molecule is c1ccc(-n2c3ccccc3c3c4c5ccccc5c(-c5cc(-c6ccc7ccccc7c6)cc(-c6ccc7ccccc7c6)n5)cc4c4ccccc4c32)cc1. The summed E-state index contributed by atoms with van der Waals surface area (Å²) >= 11 is 0. The molecule has 0 radical (unpaired) electrons. The van der Waals surface area contributed by atoms with E-state index in [0.29, 0.717) is 0 Å². The van der Waals surface area contributed by atoms with Crippen molar-refractivity contribution in [1.82, 2.24) is 9.55 Å². The molecule has 0 bridgehead atoms. The van der Waals surface area contributed by atoms with Crippen LogP contribution in [0.2, 0.25) is 0 Å². The first-order valence-corrected chi connectivity index (χ1v) is 19.6. The molecule has 57 heavy (non-hydrogen) atoms. The maximum absolute atomic E-state index is 5.56. The topological polar surface area (TPSA) is 17.8 Å². The van der Waals surface area contributed by atoms with Crippen LogP contribution >= 0.6 is 0 Å². The van der Waals surface area contributed by atoms with Crippen LogP contribution in [0.4, 0.5) is 0 Å². The Morgan fingerprint density at radius 1 is 0.316 bits per heavy atom. The summed E-state index contributed by atoms with van der Waals surface area (Å²) in [7, 11) is 0. The van der Waals surface area contributed by atoms with Crippen LogP contribution in [0.3, 0.4) is 0 Å². The van der Waals surface area contributed by atoms with Crippen molar-refractivity contribution in [3.8, 4) is 39.3 Å². The van der Waals surface area contributed by atoms with E-state index in [2.05, 4.69) is 211 Å². The number of para-hydroxylation sites is 2. The highest BCUT2D eigenvalue weighted by molar-refractivity contribution is 6.38. The molecule has 0 N–H and O–H groups in total. The van der Waals surface area contributed by atoms with Crippen LogP contribution in [-0.2, 0) is 0 Å². The Bertz CT molecular complexity index is 3480. The fraction of sp³-hybridized carbons (Fsp3) is 0. The number of hydrogen-bond acceptors (Lipinski definition) is 1. The van der Waals surface area contributed by atoms with Gasteiger partial charge >= 0.3 is 0 Å². The van der Waals surface area contributed by atoms with Gasteiger partial charge in [-0.05, 0) is 103 Å². The lowest BCUT2D eigenvalue weighted by Gasteiger charge is -2.17. The van der Waals surface area contributed by atoms with Gasteiger partial charge in [-0.1, -0.05) is 158 Å². The maximum atomic E-state index is 5.56. The minimum absolute atomic E-state index is 0.955. The van der Waals surface area contributed by atoms with Crippen LogP contribution in [0.1, 0.15) is 0 Å². The molecule has 0 atom stereocenters. The molecule has 0 unspecified atom stereocenters. The van der Waals surface area contributed by atoms with Crippen molar-refractivity contribution in [2.45, 2.75) is 0 Å². The average Bonchev–Trinajstić information content (AvgIpc) is 3.64. The third kappa shape index (κ3) is 4.94. The Morgan fingerprint density at radius 2 is 0.877 bits per heavy atom. The number of pyridine rings is 1. The largest absolute Gasteiger partial charge is 0.309 e. The number of nitrogens with zero attached hydrogens (tertiary/aromatic N) is 2. The highest BCUT2D eigenvalue weighted by Gasteiger charge is 2.22. The standard InChI is InChI=1S/C55H34N2/c1-2-18-42(19-3-1)57-52-25-13-12-24-47(52)54-53-45-22-10-8-20-43(45)48(34-49(53)44-21-9-11-23-46(44)55(54)57)51-33-41(39-28-26-35-14-4-6-16-37(35)30-39)32-50(56-51)40-29-27-36-15-5-7-17-38(36)31-40/h1-34H. The zero-order valence-corrected chi connectivity index (χ0v) is 31.0. The molecule has 264 valence electrons. The summed E-state index contributed by atoms with van der Waals surface area (Å²) in [6.07, 6.45) is 0. The predicted octanol–water partition coefficient (Wildman–Crippen LogP) is 14.9. The predicted molar refractivity (Wildman–Crippen MR) is 242 cm³/mol. The minimum atomic E-state index is 0.955.